The number of nitrogens with zero attached hydrogens (tertiary/aromatic N) is 2. The van der Waals surface area contributed by atoms with Crippen molar-refractivity contribution in [3.8, 4) is 11.8 Å². The lowest BCUT2D eigenvalue weighted by Crippen LogP contribution is -2.49. The predicted molar refractivity (Wildman–Crippen MR) is 117 cm³/mol. The Balaban J connectivity index is 2.24. The van der Waals surface area contributed by atoms with Gasteiger partial charge in [0.05, 0.1) is 6.07 Å². The fourth-order valence-electron chi connectivity index (χ4n) is 3.66. The van der Waals surface area contributed by atoms with E-state index in [1.54, 1.807) is 32.9 Å². The molecule has 1 aromatic carbocycles. The molecule has 0 aromatic heterocycles. The highest BCUT2D eigenvalue weighted by molar-refractivity contribution is 5.90. The van der Waals surface area contributed by atoms with Crippen LogP contribution in [0.4, 0.5) is 4.79 Å². The SMILES string of the molecule is CC(C)(C)OC(=O)NCC(=O)N(CC#N)C(C(=O)NC1CCCCC1)c1cccc(O)c1. The van der Waals surface area contributed by atoms with Gasteiger partial charge < -0.3 is 25.4 Å². The molecule has 1 aliphatic carbocycles. The van der Waals surface area contributed by atoms with Crippen molar-refractivity contribution in [3.05, 3.63) is 29.8 Å². The zero-order valence-corrected chi connectivity index (χ0v) is 18.9. The number of rotatable bonds is 7. The van der Waals surface area contributed by atoms with Crippen LogP contribution in [0.25, 0.3) is 0 Å². The zero-order chi connectivity index (χ0) is 23.7. The normalized spacial score (nSPS) is 15.2. The lowest BCUT2D eigenvalue weighted by Gasteiger charge is -2.32. The summed E-state index contributed by atoms with van der Waals surface area (Å²) in [5.41, 5.74) is -0.358. The Labute approximate surface area is 188 Å². The van der Waals surface area contributed by atoms with Gasteiger partial charge in [0.2, 0.25) is 11.8 Å². The van der Waals surface area contributed by atoms with Gasteiger partial charge in [-0.05, 0) is 51.3 Å². The highest BCUT2D eigenvalue weighted by Crippen LogP contribution is 2.26. The van der Waals surface area contributed by atoms with Crippen molar-refractivity contribution < 1.29 is 24.2 Å². The number of nitrogens with one attached hydrogen (secondary N) is 2. The summed E-state index contributed by atoms with van der Waals surface area (Å²) in [6.45, 7) is 4.29. The number of ether oxygens (including phenoxy) is 1. The third kappa shape index (κ3) is 7.76. The number of hydrogen-bond acceptors (Lipinski definition) is 6. The van der Waals surface area contributed by atoms with Crippen molar-refractivity contribution in [1.82, 2.24) is 15.5 Å². The molecule has 0 spiro atoms. The Morgan fingerprint density at radius 1 is 1.25 bits per heavy atom. The lowest BCUT2D eigenvalue weighted by molar-refractivity contribution is -0.139. The first-order chi connectivity index (χ1) is 15.1. The highest BCUT2D eigenvalue weighted by Gasteiger charge is 2.33. The number of benzene rings is 1. The molecule has 1 aromatic rings. The van der Waals surface area contributed by atoms with Crippen LogP contribution >= 0.6 is 0 Å². The van der Waals surface area contributed by atoms with Crippen LogP contribution in [0, 0.1) is 11.3 Å². The molecule has 9 nitrogen and oxygen atoms in total. The number of alkyl carbamates (subject to hydrolysis) is 1. The number of aromatic hydroxyl groups is 1. The summed E-state index contributed by atoms with van der Waals surface area (Å²) in [5, 5.41) is 24.6. The quantitative estimate of drug-likeness (QED) is 0.554. The van der Waals surface area contributed by atoms with Gasteiger partial charge in [0, 0.05) is 6.04 Å². The summed E-state index contributed by atoms with van der Waals surface area (Å²) in [5.74, 6) is -1.11. The summed E-state index contributed by atoms with van der Waals surface area (Å²) in [6, 6.07) is 6.82. The van der Waals surface area contributed by atoms with Crippen LogP contribution in [0.5, 0.6) is 5.75 Å². The molecule has 0 bridgehead atoms. The molecule has 0 aliphatic heterocycles. The number of nitriles is 1. The number of carbonyl (C=O) groups is 3. The molecule has 32 heavy (non-hydrogen) atoms. The van der Waals surface area contributed by atoms with Crippen LogP contribution in [-0.2, 0) is 14.3 Å². The number of phenolic OH excluding ortho intramolecular Hbond substituents is 1. The fraction of sp³-hybridized carbons (Fsp3) is 0.565. The average Bonchev–Trinajstić information content (AvgIpc) is 2.71. The van der Waals surface area contributed by atoms with Gasteiger partial charge in [-0.1, -0.05) is 31.4 Å². The van der Waals surface area contributed by atoms with Gasteiger partial charge in [-0.3, -0.25) is 9.59 Å². The number of hydrogen-bond donors (Lipinski definition) is 3. The zero-order valence-electron chi connectivity index (χ0n) is 18.9. The Hall–Kier alpha value is -3.28. The van der Waals surface area contributed by atoms with E-state index in [9.17, 15) is 24.8 Å². The Morgan fingerprint density at radius 2 is 1.94 bits per heavy atom. The summed E-state index contributed by atoms with van der Waals surface area (Å²) in [4.78, 5) is 39.3. The smallest absolute Gasteiger partial charge is 0.408 e. The first-order valence-electron chi connectivity index (χ1n) is 10.8. The van der Waals surface area contributed by atoms with Crippen LogP contribution in [-0.4, -0.2) is 52.6 Å². The first-order valence-corrected chi connectivity index (χ1v) is 10.8. The molecule has 3 amide bonds. The Bertz CT molecular complexity index is 853. The molecule has 1 saturated carbocycles. The van der Waals surface area contributed by atoms with Crippen LogP contribution in [0.15, 0.2) is 24.3 Å². The van der Waals surface area contributed by atoms with E-state index in [0.717, 1.165) is 37.0 Å². The standard InChI is InChI=1S/C23H32N4O5/c1-23(2,3)32-22(31)25-15-19(29)27(13-12-24)20(16-8-7-11-18(28)14-16)21(30)26-17-9-5-4-6-10-17/h7-8,11,14,17,20,28H,4-6,9-10,13,15H2,1-3H3,(H,25,31)(H,26,30). The second kappa shape index (κ2) is 11.4. The van der Waals surface area contributed by atoms with Gasteiger partial charge in [-0.15, -0.1) is 0 Å². The van der Waals surface area contributed by atoms with Crippen molar-refractivity contribution >= 4 is 17.9 Å². The van der Waals surface area contributed by atoms with E-state index in [1.165, 1.54) is 12.1 Å². The molecular formula is C23H32N4O5. The third-order valence-corrected chi connectivity index (χ3v) is 5.04. The Kier molecular flexibility index (Phi) is 8.88. The topological polar surface area (TPSA) is 132 Å². The number of amides is 3. The van der Waals surface area contributed by atoms with E-state index < -0.39 is 36.1 Å². The summed E-state index contributed by atoms with van der Waals surface area (Å²) in [7, 11) is 0. The summed E-state index contributed by atoms with van der Waals surface area (Å²) in [6.07, 6.45) is 4.08. The Morgan fingerprint density at radius 3 is 2.53 bits per heavy atom. The molecule has 174 valence electrons. The van der Waals surface area contributed by atoms with Crippen LogP contribution in [0.3, 0.4) is 0 Å². The van der Waals surface area contributed by atoms with Crippen LogP contribution in [0.2, 0.25) is 0 Å². The average molecular weight is 445 g/mol. The molecule has 1 atom stereocenters. The second-order valence-electron chi connectivity index (χ2n) is 8.88. The minimum absolute atomic E-state index is 0.00464. The molecule has 9 heteroatoms. The summed E-state index contributed by atoms with van der Waals surface area (Å²) < 4.78 is 5.14. The predicted octanol–water partition coefficient (Wildman–Crippen LogP) is 2.76. The third-order valence-electron chi connectivity index (χ3n) is 5.04. The van der Waals surface area contributed by atoms with Crippen molar-refractivity contribution in [1.29, 1.82) is 5.26 Å². The largest absolute Gasteiger partial charge is 0.508 e. The van der Waals surface area contributed by atoms with Gasteiger partial charge in [-0.25, -0.2) is 4.79 Å². The first kappa shape index (κ1) is 25.0. The van der Waals surface area contributed by atoms with Crippen molar-refractivity contribution in [2.45, 2.75) is 70.6 Å². The van der Waals surface area contributed by atoms with E-state index in [1.807, 2.05) is 6.07 Å². The van der Waals surface area contributed by atoms with Crippen molar-refractivity contribution in [2.24, 2.45) is 0 Å². The molecule has 0 radical (unpaired) electrons. The van der Waals surface area contributed by atoms with Gasteiger partial charge in [0.1, 0.15) is 30.5 Å². The van der Waals surface area contributed by atoms with Gasteiger partial charge >= 0.3 is 6.09 Å². The lowest BCUT2D eigenvalue weighted by atomic mass is 9.94. The minimum atomic E-state index is -1.13. The van der Waals surface area contributed by atoms with Gasteiger partial charge in [-0.2, -0.15) is 5.26 Å². The van der Waals surface area contributed by atoms with Crippen molar-refractivity contribution in [3.63, 3.8) is 0 Å². The number of carbonyl (C=O) groups excluding carboxylic acids is 3. The molecule has 1 aliphatic rings. The van der Waals surface area contributed by atoms with E-state index in [2.05, 4.69) is 10.6 Å². The highest BCUT2D eigenvalue weighted by atomic mass is 16.6. The van der Waals surface area contributed by atoms with Crippen molar-refractivity contribution in [2.75, 3.05) is 13.1 Å². The second-order valence-corrected chi connectivity index (χ2v) is 8.88. The van der Waals surface area contributed by atoms with E-state index in [4.69, 9.17) is 4.74 Å². The van der Waals surface area contributed by atoms with Gasteiger partial charge in [0.15, 0.2) is 0 Å². The molecule has 0 heterocycles. The molecular weight excluding hydrogens is 412 g/mol. The van der Waals surface area contributed by atoms with Crippen LogP contribution in [0.1, 0.15) is 64.5 Å². The molecule has 1 fully saturated rings. The van der Waals surface area contributed by atoms with Crippen LogP contribution < -0.4 is 10.6 Å². The van der Waals surface area contributed by atoms with E-state index >= 15 is 0 Å². The molecule has 1 unspecified atom stereocenters. The maximum Gasteiger partial charge on any atom is 0.408 e. The van der Waals surface area contributed by atoms with Gasteiger partial charge in [0.25, 0.3) is 0 Å². The minimum Gasteiger partial charge on any atom is -0.508 e. The van der Waals surface area contributed by atoms with E-state index in [0.29, 0.717) is 5.56 Å². The van der Waals surface area contributed by atoms with E-state index in [-0.39, 0.29) is 18.3 Å². The molecule has 3 N–H and O–H groups in total. The number of phenols is 1. The monoisotopic (exact) mass is 444 g/mol. The molecule has 0 saturated heterocycles. The fourth-order valence-corrected chi connectivity index (χ4v) is 3.66. The maximum atomic E-state index is 13.3. The summed E-state index contributed by atoms with van der Waals surface area (Å²) >= 11 is 0. The molecule has 2 rings (SSSR count). The maximum absolute atomic E-state index is 13.3.